The van der Waals surface area contributed by atoms with Crippen LogP contribution >= 0.6 is 0 Å². The maximum Gasteiger partial charge on any atom is 0.0400 e. The van der Waals surface area contributed by atoms with Crippen LogP contribution in [0.1, 0.15) is 143 Å². The van der Waals surface area contributed by atoms with Gasteiger partial charge in [0.1, 0.15) is 0 Å². The molecule has 1 heteroatoms. The summed E-state index contributed by atoms with van der Waals surface area (Å²) in [6.07, 6.45) is 19.8. The maximum atomic E-state index is 5.43. The lowest BCUT2D eigenvalue weighted by Crippen LogP contribution is -2.26. The maximum absolute atomic E-state index is 5.43. The molecule has 1 saturated carbocycles. The zero-order valence-corrected chi connectivity index (χ0v) is 29.9. The van der Waals surface area contributed by atoms with Crippen molar-refractivity contribution in [3.8, 4) is 12.3 Å². The first-order valence-electron chi connectivity index (χ1n) is 15.8. The Morgan fingerprint density at radius 3 is 1.69 bits per heavy atom. The Balaban J connectivity index is -0.000000114. The first kappa shape index (κ1) is 49.7. The largest absolute Gasteiger partial charge is 0.404 e. The third-order valence-electron chi connectivity index (χ3n) is 5.99. The molecule has 1 fully saturated rings. The second kappa shape index (κ2) is 35.8. The summed E-state index contributed by atoms with van der Waals surface area (Å²) in [5.74, 6) is 4.43. The molecule has 0 aromatic heterocycles. The Kier molecular flexibility index (Phi) is 45.6. The van der Waals surface area contributed by atoms with Gasteiger partial charge in [-0.2, -0.15) is 0 Å². The van der Waals surface area contributed by atoms with Gasteiger partial charge >= 0.3 is 0 Å². The van der Waals surface area contributed by atoms with Crippen molar-refractivity contribution in [2.24, 2.45) is 23.0 Å². The van der Waals surface area contributed by atoms with Crippen molar-refractivity contribution in [1.82, 2.24) is 0 Å². The number of hydrogen-bond donors (Lipinski definition) is 1. The Bertz CT molecular complexity index is 716. The fourth-order valence-corrected chi connectivity index (χ4v) is 3.41. The van der Waals surface area contributed by atoms with E-state index in [2.05, 4.69) is 66.7 Å². The van der Waals surface area contributed by atoms with Crippen LogP contribution < -0.4 is 5.73 Å². The summed E-state index contributed by atoms with van der Waals surface area (Å²) < 4.78 is 0. The number of terminal acetylenes is 1. The van der Waals surface area contributed by atoms with Gasteiger partial charge in [0.2, 0.25) is 0 Å². The lowest BCUT2D eigenvalue weighted by Gasteiger charge is -2.37. The van der Waals surface area contributed by atoms with Crippen molar-refractivity contribution in [3.63, 3.8) is 0 Å². The van der Waals surface area contributed by atoms with E-state index in [-0.39, 0.29) is 0 Å². The second-order valence-corrected chi connectivity index (χ2v) is 9.13. The highest BCUT2D eigenvalue weighted by atomic mass is 14.5. The van der Waals surface area contributed by atoms with Crippen LogP contribution in [0.4, 0.5) is 0 Å². The van der Waals surface area contributed by atoms with Gasteiger partial charge in [-0.15, -0.1) is 6.42 Å². The number of rotatable bonds is 6. The molecular formula is C38H73N. The molecule has 0 radical (unpaired) electrons. The van der Waals surface area contributed by atoms with Gasteiger partial charge in [-0.1, -0.05) is 147 Å². The minimum atomic E-state index is 0.631. The highest BCUT2D eigenvalue weighted by molar-refractivity contribution is 5.53. The molecule has 2 N–H and O–H groups in total. The summed E-state index contributed by atoms with van der Waals surface area (Å²) in [7, 11) is 0. The lowest BCUT2D eigenvalue weighted by molar-refractivity contribution is 0.139. The van der Waals surface area contributed by atoms with Gasteiger partial charge in [-0.05, 0) is 79.6 Å². The number of nitrogens with two attached hydrogens (primary N) is 1. The van der Waals surface area contributed by atoms with Crippen LogP contribution in [0.5, 0.6) is 0 Å². The van der Waals surface area contributed by atoms with Gasteiger partial charge in [0, 0.05) is 11.8 Å². The van der Waals surface area contributed by atoms with Gasteiger partial charge in [-0.25, -0.2) is 0 Å². The SMILES string of the molecule is C#CC(/C=C(/C)C(=C)/C(C=C)=C/C=C(/C)CC)=C/N.CC.CC.CC.CC.CC.CC1CCC(C)(C)C[C@@H]1C. The van der Waals surface area contributed by atoms with Crippen molar-refractivity contribution >= 4 is 0 Å². The molecule has 0 aromatic carbocycles. The molecule has 1 aliphatic carbocycles. The average Bonchev–Trinajstić information content (AvgIpc) is 2.99. The molecule has 1 nitrogen and oxygen atoms in total. The first-order chi connectivity index (χ1) is 18.5. The Labute approximate surface area is 249 Å². The highest BCUT2D eigenvalue weighted by Gasteiger charge is 2.29. The number of allylic oxidation sites excluding steroid dienone is 9. The van der Waals surface area contributed by atoms with E-state index >= 15 is 0 Å². The van der Waals surface area contributed by atoms with E-state index in [9.17, 15) is 0 Å². The topological polar surface area (TPSA) is 26.0 Å². The standard InChI is InChI=1S/C18H23N.C10H20.5C2H6/c1-7-14(4)10-11-18(9-3)16(6)15(5)12-17(8-2)13-19;1-8-5-6-10(3,4)7-9(8)2;5*1-2/h2,9-13H,3,6-7,19H2,1,4-5H3;8-9H,5-7H2,1-4H3;5*1-2H3/b14-10-,15-12-,17-13-,18-11+;;;;;;/t;8?,9-;;;;;/m.0...../s1. The molecule has 0 spiro atoms. The Morgan fingerprint density at radius 2 is 1.38 bits per heavy atom. The molecule has 0 saturated heterocycles. The predicted octanol–water partition coefficient (Wildman–Crippen LogP) is 13.0. The summed E-state index contributed by atoms with van der Waals surface area (Å²) in [6, 6.07) is 0. The van der Waals surface area contributed by atoms with Crippen LogP contribution in [0.3, 0.4) is 0 Å². The van der Waals surface area contributed by atoms with E-state index in [1.54, 1.807) is 6.08 Å². The normalized spacial score (nSPS) is 17.7. The van der Waals surface area contributed by atoms with E-state index in [0.29, 0.717) is 11.0 Å². The van der Waals surface area contributed by atoms with E-state index in [1.807, 2.05) is 88.3 Å². The molecule has 1 unspecified atom stereocenters. The molecule has 0 aromatic rings. The third kappa shape index (κ3) is 28.6. The highest BCUT2D eigenvalue weighted by Crippen LogP contribution is 2.41. The molecule has 1 rings (SSSR count). The molecule has 1 aliphatic rings. The second-order valence-electron chi connectivity index (χ2n) is 9.13. The average molecular weight is 544 g/mol. The van der Waals surface area contributed by atoms with Gasteiger partial charge in [0.15, 0.2) is 0 Å². The van der Waals surface area contributed by atoms with E-state index in [1.165, 1.54) is 31.0 Å². The van der Waals surface area contributed by atoms with Crippen LogP contribution in [0.15, 0.2) is 71.5 Å². The molecule has 230 valence electrons. The van der Waals surface area contributed by atoms with Crippen molar-refractivity contribution in [3.05, 3.63) is 71.5 Å². The van der Waals surface area contributed by atoms with Crippen LogP contribution in [0.2, 0.25) is 0 Å². The molecule has 2 atom stereocenters. The van der Waals surface area contributed by atoms with Crippen molar-refractivity contribution in [2.45, 2.75) is 143 Å². The molecule has 0 bridgehead atoms. The molecule has 0 amide bonds. The number of hydrogen-bond acceptors (Lipinski definition) is 1. The minimum absolute atomic E-state index is 0.631. The van der Waals surface area contributed by atoms with Gasteiger partial charge in [0.05, 0.1) is 0 Å². The van der Waals surface area contributed by atoms with Crippen molar-refractivity contribution < 1.29 is 0 Å². The molecule has 39 heavy (non-hydrogen) atoms. The fraction of sp³-hybridized carbons (Fsp3) is 0.632. The fourth-order valence-electron chi connectivity index (χ4n) is 3.41. The van der Waals surface area contributed by atoms with Gasteiger partial charge in [0.25, 0.3) is 0 Å². The van der Waals surface area contributed by atoms with Crippen LogP contribution in [-0.2, 0) is 0 Å². The van der Waals surface area contributed by atoms with Crippen molar-refractivity contribution in [2.75, 3.05) is 0 Å². The Hall–Kier alpha value is -2.20. The molecular weight excluding hydrogens is 470 g/mol. The quantitative estimate of drug-likeness (QED) is 0.261. The predicted molar refractivity (Wildman–Crippen MR) is 189 cm³/mol. The monoisotopic (exact) mass is 544 g/mol. The summed E-state index contributed by atoms with van der Waals surface area (Å²) in [5.41, 5.74) is 10.9. The van der Waals surface area contributed by atoms with Crippen LogP contribution in [0.25, 0.3) is 0 Å². The molecule has 0 aliphatic heterocycles. The summed E-state index contributed by atoms with van der Waals surface area (Å²) in [6.45, 7) is 43.7. The zero-order valence-electron chi connectivity index (χ0n) is 29.9. The molecule has 0 heterocycles. The van der Waals surface area contributed by atoms with Gasteiger partial charge in [-0.3, -0.25) is 0 Å². The Morgan fingerprint density at radius 1 is 0.923 bits per heavy atom. The minimum Gasteiger partial charge on any atom is -0.404 e. The smallest absolute Gasteiger partial charge is 0.0400 e. The lowest BCUT2D eigenvalue weighted by atomic mass is 9.68. The third-order valence-corrected chi connectivity index (χ3v) is 5.99. The van der Waals surface area contributed by atoms with E-state index < -0.39 is 0 Å². The van der Waals surface area contributed by atoms with Crippen LogP contribution in [-0.4, -0.2) is 0 Å². The van der Waals surface area contributed by atoms with E-state index in [0.717, 1.165) is 35.0 Å². The van der Waals surface area contributed by atoms with E-state index in [4.69, 9.17) is 12.2 Å². The van der Waals surface area contributed by atoms with Crippen LogP contribution in [0, 0.1) is 29.6 Å². The van der Waals surface area contributed by atoms with Crippen molar-refractivity contribution in [1.29, 1.82) is 0 Å². The zero-order chi connectivity index (χ0) is 32.6. The van der Waals surface area contributed by atoms with Gasteiger partial charge < -0.3 is 5.73 Å². The summed E-state index contributed by atoms with van der Waals surface area (Å²) >= 11 is 0. The summed E-state index contributed by atoms with van der Waals surface area (Å²) in [5, 5.41) is 0. The summed E-state index contributed by atoms with van der Waals surface area (Å²) in [4.78, 5) is 0. The first-order valence-corrected chi connectivity index (χ1v) is 15.8.